The summed E-state index contributed by atoms with van der Waals surface area (Å²) >= 11 is 0. The van der Waals surface area contributed by atoms with Gasteiger partial charge >= 0.3 is 0 Å². The molecule has 0 unspecified atom stereocenters. The minimum Gasteiger partial charge on any atom is -0.298 e. The van der Waals surface area contributed by atoms with Crippen molar-refractivity contribution < 1.29 is 8.42 Å². The Balaban J connectivity index is 1.70. The molecule has 0 spiro atoms. The smallest absolute Gasteiger partial charge is 0.241 e. The second-order valence-corrected chi connectivity index (χ2v) is 8.45. The van der Waals surface area contributed by atoms with Gasteiger partial charge in [0, 0.05) is 41.9 Å². The number of pyridine rings is 1. The van der Waals surface area contributed by atoms with Crippen LogP contribution in [0.15, 0.2) is 47.8 Å². The Morgan fingerprint density at radius 2 is 2.00 bits per heavy atom. The number of hydrogen-bond donors (Lipinski definition) is 1. The van der Waals surface area contributed by atoms with Gasteiger partial charge in [0.15, 0.2) is 0 Å². The molecule has 1 aromatic carbocycles. The predicted octanol–water partition coefficient (Wildman–Crippen LogP) is 2.04. The van der Waals surface area contributed by atoms with E-state index in [0.29, 0.717) is 11.9 Å². The quantitative estimate of drug-likeness (QED) is 0.589. The maximum absolute atomic E-state index is 12.9. The lowest BCUT2D eigenvalue weighted by Crippen LogP contribution is -2.35. The van der Waals surface area contributed by atoms with Crippen LogP contribution in [0.1, 0.15) is 26.5 Å². The molecule has 0 fully saturated rings. The summed E-state index contributed by atoms with van der Waals surface area (Å²) in [6, 6.07) is 6.54. The van der Waals surface area contributed by atoms with Gasteiger partial charge in [-0.3, -0.25) is 14.6 Å². The molecule has 8 nitrogen and oxygen atoms in total. The fourth-order valence-electron chi connectivity index (χ4n) is 3.15. The topological polar surface area (TPSA) is 93.0 Å². The van der Waals surface area contributed by atoms with E-state index >= 15 is 0 Å². The first-order valence-electron chi connectivity index (χ1n) is 9.39. The summed E-state index contributed by atoms with van der Waals surface area (Å²) in [5, 5.41) is 9.75. The first-order chi connectivity index (χ1) is 13.4. The number of rotatable bonds is 9. The molecular weight excluding hydrogens is 376 g/mol. The summed E-state index contributed by atoms with van der Waals surface area (Å²) in [4.78, 5) is 6.55. The molecule has 1 N–H and O–H groups in total. The maximum atomic E-state index is 12.9. The van der Waals surface area contributed by atoms with Gasteiger partial charge in [0.1, 0.15) is 0 Å². The molecule has 0 saturated carbocycles. The van der Waals surface area contributed by atoms with Crippen LogP contribution in [-0.4, -0.2) is 52.4 Å². The van der Waals surface area contributed by atoms with E-state index in [4.69, 9.17) is 0 Å². The highest BCUT2D eigenvalue weighted by atomic mass is 32.2. The van der Waals surface area contributed by atoms with Gasteiger partial charge in [-0.25, -0.2) is 13.1 Å². The average Bonchev–Trinajstić information content (AvgIpc) is 3.11. The molecule has 28 heavy (non-hydrogen) atoms. The van der Waals surface area contributed by atoms with Crippen molar-refractivity contribution in [2.45, 2.75) is 44.8 Å². The first-order valence-corrected chi connectivity index (χ1v) is 10.9. The van der Waals surface area contributed by atoms with E-state index in [0.717, 1.165) is 30.7 Å². The Bertz CT molecular complexity index is 1020. The van der Waals surface area contributed by atoms with Crippen molar-refractivity contribution >= 4 is 20.8 Å². The molecule has 9 heteroatoms. The van der Waals surface area contributed by atoms with Gasteiger partial charge in [-0.1, -0.05) is 31.2 Å². The normalized spacial score (nSPS) is 13.3. The summed E-state index contributed by atoms with van der Waals surface area (Å²) in [5.41, 5.74) is 0.875. The summed E-state index contributed by atoms with van der Waals surface area (Å²) in [5.74, 6) is 0. The Morgan fingerprint density at radius 3 is 2.75 bits per heavy atom. The molecule has 0 amide bonds. The minimum absolute atomic E-state index is 0.250. The molecule has 2 heterocycles. The molecule has 0 aliphatic rings. The van der Waals surface area contributed by atoms with Crippen LogP contribution in [0.4, 0.5) is 0 Å². The number of sulfonamides is 1. The first kappa shape index (κ1) is 20.4. The monoisotopic (exact) mass is 402 g/mol. The van der Waals surface area contributed by atoms with E-state index in [1.165, 1.54) is 0 Å². The lowest BCUT2D eigenvalue weighted by Gasteiger charge is -2.16. The molecule has 1 atom stereocenters. The van der Waals surface area contributed by atoms with Gasteiger partial charge < -0.3 is 0 Å². The van der Waals surface area contributed by atoms with Gasteiger partial charge in [0.05, 0.1) is 17.1 Å². The number of fused-ring (bicyclic) bond motifs is 1. The molecule has 3 aromatic rings. The number of nitrogens with zero attached hydrogens (tertiary/aromatic N) is 5. The van der Waals surface area contributed by atoms with E-state index in [9.17, 15) is 8.42 Å². The van der Waals surface area contributed by atoms with Gasteiger partial charge in [-0.15, -0.1) is 5.10 Å². The maximum Gasteiger partial charge on any atom is 0.241 e. The summed E-state index contributed by atoms with van der Waals surface area (Å²) < 4.78 is 30.2. The molecule has 3 rings (SSSR count). The fourth-order valence-corrected chi connectivity index (χ4v) is 4.61. The van der Waals surface area contributed by atoms with E-state index < -0.39 is 10.0 Å². The molecule has 0 aliphatic heterocycles. The highest BCUT2D eigenvalue weighted by Gasteiger charge is 2.20. The summed E-state index contributed by atoms with van der Waals surface area (Å²) in [7, 11) is -3.67. The van der Waals surface area contributed by atoms with Crippen LogP contribution in [0.25, 0.3) is 10.8 Å². The summed E-state index contributed by atoms with van der Waals surface area (Å²) in [6.07, 6.45) is 5.12. The van der Waals surface area contributed by atoms with E-state index in [1.807, 2.05) is 19.2 Å². The van der Waals surface area contributed by atoms with Crippen molar-refractivity contribution in [1.82, 2.24) is 29.6 Å². The van der Waals surface area contributed by atoms with E-state index in [1.54, 1.807) is 35.3 Å². The van der Waals surface area contributed by atoms with Crippen molar-refractivity contribution in [2.24, 2.45) is 0 Å². The third kappa shape index (κ3) is 4.73. The Labute approximate surface area is 165 Å². The Kier molecular flexibility index (Phi) is 6.38. The highest BCUT2D eigenvalue weighted by Crippen LogP contribution is 2.22. The second kappa shape index (κ2) is 8.76. The largest absolute Gasteiger partial charge is 0.298 e. The zero-order valence-corrected chi connectivity index (χ0v) is 17.2. The van der Waals surface area contributed by atoms with Crippen LogP contribution in [0, 0.1) is 0 Å². The van der Waals surface area contributed by atoms with Crippen LogP contribution in [0.3, 0.4) is 0 Å². The lowest BCUT2D eigenvalue weighted by molar-refractivity contribution is 0.292. The third-order valence-corrected chi connectivity index (χ3v) is 6.26. The Hall–Kier alpha value is -2.36. The zero-order valence-electron chi connectivity index (χ0n) is 16.4. The molecule has 0 aliphatic carbocycles. The lowest BCUT2D eigenvalue weighted by atomic mass is 10.2. The third-order valence-electron chi connectivity index (χ3n) is 4.61. The Morgan fingerprint density at radius 1 is 1.21 bits per heavy atom. The molecule has 2 aromatic heterocycles. The number of hydrogen-bond acceptors (Lipinski definition) is 6. The van der Waals surface area contributed by atoms with Crippen molar-refractivity contribution in [1.29, 1.82) is 0 Å². The van der Waals surface area contributed by atoms with Gasteiger partial charge in [-0.2, -0.15) is 0 Å². The van der Waals surface area contributed by atoms with Crippen molar-refractivity contribution in [3.05, 3.63) is 48.5 Å². The van der Waals surface area contributed by atoms with Gasteiger partial charge in [0.2, 0.25) is 10.0 Å². The van der Waals surface area contributed by atoms with Crippen LogP contribution < -0.4 is 4.72 Å². The van der Waals surface area contributed by atoms with Crippen LogP contribution in [0.5, 0.6) is 0 Å². The van der Waals surface area contributed by atoms with Gasteiger partial charge in [-0.05, 0) is 32.1 Å². The highest BCUT2D eigenvalue weighted by molar-refractivity contribution is 7.89. The standard InChI is InChI=1S/C19H26N6O2S/c1-4-24(5-2)13-17-14-25(23-21-17)12-15(3)22-28(26,27)19-8-6-7-16-11-20-10-9-18(16)19/h6-11,14-15,22H,4-5,12-13H2,1-3H3/t15-/m0/s1. The zero-order chi connectivity index (χ0) is 20.1. The average molecular weight is 403 g/mol. The second-order valence-electron chi connectivity index (χ2n) is 6.77. The molecule has 150 valence electrons. The van der Waals surface area contributed by atoms with Crippen molar-refractivity contribution in [3.63, 3.8) is 0 Å². The molecule has 0 saturated heterocycles. The molecular formula is C19H26N6O2S. The van der Waals surface area contributed by atoms with Crippen molar-refractivity contribution in [2.75, 3.05) is 13.1 Å². The van der Waals surface area contributed by atoms with Crippen LogP contribution in [0.2, 0.25) is 0 Å². The van der Waals surface area contributed by atoms with Crippen LogP contribution >= 0.6 is 0 Å². The summed E-state index contributed by atoms with van der Waals surface area (Å²) in [6.45, 7) is 9.05. The SMILES string of the molecule is CCN(CC)Cc1cn(C[C@H](C)NS(=O)(=O)c2cccc3cnccc23)nn1. The van der Waals surface area contributed by atoms with E-state index in [-0.39, 0.29) is 10.9 Å². The number of aromatic nitrogens is 4. The number of benzene rings is 1. The van der Waals surface area contributed by atoms with Gasteiger partial charge in [0.25, 0.3) is 0 Å². The van der Waals surface area contributed by atoms with E-state index in [2.05, 4.69) is 38.8 Å². The molecule has 0 bridgehead atoms. The van der Waals surface area contributed by atoms with Crippen molar-refractivity contribution in [3.8, 4) is 0 Å². The molecule has 0 radical (unpaired) electrons. The predicted molar refractivity (Wildman–Crippen MR) is 108 cm³/mol. The van der Waals surface area contributed by atoms with Crippen LogP contribution in [-0.2, 0) is 23.1 Å². The fraction of sp³-hybridized carbons (Fsp3) is 0.421. The number of nitrogens with one attached hydrogen (secondary N) is 1. The minimum atomic E-state index is -3.67.